The Morgan fingerprint density at radius 2 is 1.94 bits per heavy atom. The van der Waals surface area contributed by atoms with E-state index in [0.717, 1.165) is 16.7 Å². The number of carbonyl (C=O) groups is 2. The highest BCUT2D eigenvalue weighted by Crippen LogP contribution is 2.41. The number of benzene rings is 2. The fourth-order valence-corrected chi connectivity index (χ4v) is 4.10. The van der Waals surface area contributed by atoms with Crippen molar-refractivity contribution in [2.45, 2.75) is 26.4 Å². The summed E-state index contributed by atoms with van der Waals surface area (Å²) >= 11 is 6.10. The van der Waals surface area contributed by atoms with Gasteiger partial charge in [-0.15, -0.1) is 0 Å². The Morgan fingerprint density at radius 1 is 1.16 bits per heavy atom. The Kier molecular flexibility index (Phi) is 5.80. The minimum atomic E-state index is -0.869. The van der Waals surface area contributed by atoms with Gasteiger partial charge in [-0.1, -0.05) is 35.4 Å². The Hall–Kier alpha value is -3.51. The van der Waals surface area contributed by atoms with E-state index in [2.05, 4.69) is 0 Å². The molecule has 2 aromatic carbocycles. The number of nitrogens with zero attached hydrogens (tertiary/aromatic N) is 1. The molecule has 1 aliphatic heterocycles. The van der Waals surface area contributed by atoms with Gasteiger partial charge in [0.2, 0.25) is 0 Å². The van der Waals surface area contributed by atoms with Crippen molar-refractivity contribution < 1.29 is 23.8 Å². The number of ketones is 1. The molecule has 1 saturated heterocycles. The van der Waals surface area contributed by atoms with E-state index >= 15 is 0 Å². The average Bonchev–Trinajstić information content (AvgIpc) is 3.39. The van der Waals surface area contributed by atoms with Crippen LogP contribution in [0.1, 0.15) is 34.1 Å². The summed E-state index contributed by atoms with van der Waals surface area (Å²) in [5.74, 6) is -1.06. The number of rotatable bonds is 5. The first-order chi connectivity index (χ1) is 15.3. The zero-order chi connectivity index (χ0) is 23.0. The van der Waals surface area contributed by atoms with Gasteiger partial charge in [-0.05, 0) is 55.3 Å². The van der Waals surface area contributed by atoms with E-state index < -0.39 is 17.7 Å². The maximum absolute atomic E-state index is 13.1. The van der Waals surface area contributed by atoms with Gasteiger partial charge in [0.05, 0.1) is 24.0 Å². The first kappa shape index (κ1) is 21.7. The van der Waals surface area contributed by atoms with E-state index in [1.165, 1.54) is 24.3 Å². The number of furan rings is 1. The fourth-order valence-electron chi connectivity index (χ4n) is 3.90. The molecular weight excluding hydrogens is 430 g/mol. The summed E-state index contributed by atoms with van der Waals surface area (Å²) in [5.41, 5.74) is 3.23. The Balaban J connectivity index is 1.85. The van der Waals surface area contributed by atoms with Gasteiger partial charge in [0.15, 0.2) is 0 Å². The summed E-state index contributed by atoms with van der Waals surface area (Å²) in [4.78, 5) is 27.6. The van der Waals surface area contributed by atoms with Crippen molar-refractivity contribution in [1.82, 2.24) is 4.90 Å². The molecule has 1 fully saturated rings. The van der Waals surface area contributed by atoms with Crippen LogP contribution in [0.15, 0.2) is 64.8 Å². The summed E-state index contributed by atoms with van der Waals surface area (Å²) in [5, 5.41) is 11.5. The van der Waals surface area contributed by atoms with E-state index in [0.29, 0.717) is 22.1 Å². The second-order valence-corrected chi connectivity index (χ2v) is 8.13. The molecule has 7 heteroatoms. The summed E-state index contributed by atoms with van der Waals surface area (Å²) in [6, 6.07) is 13.1. The van der Waals surface area contributed by atoms with Gasteiger partial charge in [-0.2, -0.15) is 0 Å². The lowest BCUT2D eigenvalue weighted by Crippen LogP contribution is -2.29. The van der Waals surface area contributed by atoms with E-state index in [1.54, 1.807) is 24.3 Å². The van der Waals surface area contributed by atoms with E-state index in [1.807, 2.05) is 32.0 Å². The van der Waals surface area contributed by atoms with Gasteiger partial charge in [0, 0.05) is 12.1 Å². The molecule has 1 aromatic heterocycles. The molecule has 0 radical (unpaired) electrons. The lowest BCUT2D eigenvalue weighted by Gasteiger charge is -2.24. The number of ether oxygens (including phenoxy) is 1. The maximum atomic E-state index is 13.1. The molecule has 3 aromatic rings. The number of aliphatic hydroxyl groups excluding tert-OH is 1. The third-order valence-corrected chi connectivity index (χ3v) is 5.93. The fraction of sp³-hybridized carbons (Fsp3) is 0.200. The molecule has 6 nitrogen and oxygen atoms in total. The van der Waals surface area contributed by atoms with Crippen LogP contribution in [0, 0.1) is 13.8 Å². The van der Waals surface area contributed by atoms with Crippen molar-refractivity contribution in [3.63, 3.8) is 0 Å². The van der Waals surface area contributed by atoms with E-state index in [4.69, 9.17) is 20.8 Å². The lowest BCUT2D eigenvalue weighted by atomic mass is 9.98. The number of aliphatic hydroxyl groups is 1. The molecule has 1 N–H and O–H groups in total. The molecule has 2 heterocycles. The van der Waals surface area contributed by atoms with Crippen molar-refractivity contribution in [3.05, 3.63) is 93.4 Å². The average molecular weight is 452 g/mol. The molecule has 1 unspecified atom stereocenters. The van der Waals surface area contributed by atoms with Crippen LogP contribution < -0.4 is 4.74 Å². The molecule has 0 saturated carbocycles. The van der Waals surface area contributed by atoms with Gasteiger partial charge in [0.25, 0.3) is 11.7 Å². The van der Waals surface area contributed by atoms with Crippen LogP contribution in [0.5, 0.6) is 5.75 Å². The predicted molar refractivity (Wildman–Crippen MR) is 120 cm³/mol. The number of halogens is 1. The summed E-state index contributed by atoms with van der Waals surface area (Å²) in [6.07, 6.45) is 1.47. The third-order valence-electron chi connectivity index (χ3n) is 5.62. The second-order valence-electron chi connectivity index (χ2n) is 7.72. The number of hydrogen-bond acceptors (Lipinski definition) is 5. The minimum Gasteiger partial charge on any atom is -0.507 e. The zero-order valence-electron chi connectivity index (χ0n) is 17.9. The van der Waals surface area contributed by atoms with Crippen molar-refractivity contribution in [2.75, 3.05) is 7.11 Å². The normalized spacial score (nSPS) is 17.8. The van der Waals surface area contributed by atoms with Gasteiger partial charge in [0.1, 0.15) is 23.3 Å². The SMILES string of the molecule is COc1cc(/C(O)=C2/C(=O)C(=O)N(Cc3cc(C)ccc3C)C2c2ccco2)ccc1Cl. The van der Waals surface area contributed by atoms with Crippen LogP contribution in [0.3, 0.4) is 0 Å². The van der Waals surface area contributed by atoms with Crippen molar-refractivity contribution in [3.8, 4) is 5.75 Å². The van der Waals surface area contributed by atoms with Gasteiger partial charge in [-0.3, -0.25) is 9.59 Å². The minimum absolute atomic E-state index is 0.0420. The van der Waals surface area contributed by atoms with Crippen LogP contribution in [-0.2, 0) is 16.1 Å². The second kappa shape index (κ2) is 8.55. The number of methoxy groups -OCH3 is 1. The molecule has 0 bridgehead atoms. The monoisotopic (exact) mass is 451 g/mol. The van der Waals surface area contributed by atoms with Crippen LogP contribution in [0.2, 0.25) is 5.02 Å². The Bertz CT molecular complexity index is 1230. The summed E-state index contributed by atoms with van der Waals surface area (Å²) in [6.45, 7) is 4.12. The van der Waals surface area contributed by atoms with E-state index in [9.17, 15) is 14.7 Å². The smallest absolute Gasteiger partial charge is 0.296 e. The number of Topliss-reactive ketones (excluding diaryl/α,β-unsaturated/α-hetero) is 1. The topological polar surface area (TPSA) is 80.0 Å². The lowest BCUT2D eigenvalue weighted by molar-refractivity contribution is -0.140. The molecule has 1 aliphatic rings. The van der Waals surface area contributed by atoms with Crippen LogP contribution >= 0.6 is 11.6 Å². The van der Waals surface area contributed by atoms with Crippen LogP contribution in [0.4, 0.5) is 0 Å². The molecule has 164 valence electrons. The third kappa shape index (κ3) is 3.78. The first-order valence-electron chi connectivity index (χ1n) is 10.0. The molecule has 32 heavy (non-hydrogen) atoms. The highest BCUT2D eigenvalue weighted by molar-refractivity contribution is 6.46. The summed E-state index contributed by atoms with van der Waals surface area (Å²) in [7, 11) is 1.46. The number of carbonyl (C=O) groups excluding carboxylic acids is 2. The van der Waals surface area contributed by atoms with Crippen molar-refractivity contribution >= 4 is 29.1 Å². The van der Waals surface area contributed by atoms with Gasteiger partial charge < -0.3 is 19.2 Å². The molecular formula is C25H22ClNO5. The first-order valence-corrected chi connectivity index (χ1v) is 10.4. The standard InChI is InChI=1S/C25H22ClNO5/c1-14-6-7-15(2)17(11-14)13-27-22(19-5-4-10-32-19)21(24(29)25(27)30)23(28)16-8-9-18(26)20(12-16)31-3/h4-12,22,28H,13H2,1-3H3/b23-21-. The van der Waals surface area contributed by atoms with Crippen molar-refractivity contribution in [2.24, 2.45) is 0 Å². The van der Waals surface area contributed by atoms with Crippen LogP contribution in [0.25, 0.3) is 5.76 Å². The molecule has 1 atom stereocenters. The molecule has 0 aliphatic carbocycles. The molecule has 1 amide bonds. The highest BCUT2D eigenvalue weighted by atomic mass is 35.5. The zero-order valence-corrected chi connectivity index (χ0v) is 18.6. The highest BCUT2D eigenvalue weighted by Gasteiger charge is 2.47. The van der Waals surface area contributed by atoms with E-state index in [-0.39, 0.29) is 17.9 Å². The molecule has 4 rings (SSSR count). The number of amides is 1. The largest absolute Gasteiger partial charge is 0.507 e. The van der Waals surface area contributed by atoms with Crippen LogP contribution in [-0.4, -0.2) is 28.8 Å². The Morgan fingerprint density at radius 3 is 2.62 bits per heavy atom. The van der Waals surface area contributed by atoms with Crippen molar-refractivity contribution in [1.29, 1.82) is 0 Å². The number of likely N-dealkylation sites (tertiary alicyclic amines) is 1. The maximum Gasteiger partial charge on any atom is 0.296 e. The van der Waals surface area contributed by atoms with Gasteiger partial charge in [-0.25, -0.2) is 0 Å². The Labute approximate surface area is 190 Å². The summed E-state index contributed by atoms with van der Waals surface area (Å²) < 4.78 is 10.8. The number of hydrogen-bond donors (Lipinski definition) is 1. The van der Waals surface area contributed by atoms with Gasteiger partial charge >= 0.3 is 0 Å². The number of aryl methyl sites for hydroxylation is 2. The predicted octanol–water partition coefficient (Wildman–Crippen LogP) is 5.18. The molecule has 0 spiro atoms. The quantitative estimate of drug-likeness (QED) is 0.328.